The number of aromatic nitrogens is 5. The number of rotatable bonds is 3. The average molecular weight is 337 g/mol. The van der Waals surface area contributed by atoms with Gasteiger partial charge in [0.05, 0.1) is 5.69 Å². The van der Waals surface area contributed by atoms with Crippen LogP contribution in [0, 0.1) is 0 Å². The van der Waals surface area contributed by atoms with Gasteiger partial charge in [-0.3, -0.25) is 9.78 Å². The molecule has 124 valence electrons. The normalized spacial score (nSPS) is 11.6. The van der Waals surface area contributed by atoms with E-state index in [1.165, 1.54) is 0 Å². The Hall–Kier alpha value is -3.17. The topological polar surface area (TPSA) is 96.4 Å². The van der Waals surface area contributed by atoms with Gasteiger partial charge in [0.25, 0.3) is 5.56 Å². The summed E-state index contributed by atoms with van der Waals surface area (Å²) in [6.45, 7) is -0.401. The SMILES string of the molecule is O=c1[nH]nc(Cn2nc(-c3ccccc3)cc(C(F)(F)F)c2=O)[nH]1. The van der Waals surface area contributed by atoms with Gasteiger partial charge >= 0.3 is 11.9 Å². The van der Waals surface area contributed by atoms with E-state index >= 15 is 0 Å². The third-order valence-corrected chi connectivity index (χ3v) is 3.20. The molecule has 0 aliphatic carbocycles. The van der Waals surface area contributed by atoms with Gasteiger partial charge in [0, 0.05) is 5.56 Å². The van der Waals surface area contributed by atoms with Crippen LogP contribution in [0.4, 0.5) is 13.2 Å². The lowest BCUT2D eigenvalue weighted by atomic mass is 10.1. The summed E-state index contributed by atoms with van der Waals surface area (Å²) in [5, 5.41) is 9.59. The van der Waals surface area contributed by atoms with Crippen molar-refractivity contribution in [1.82, 2.24) is 25.0 Å². The van der Waals surface area contributed by atoms with Gasteiger partial charge in [0.1, 0.15) is 12.1 Å². The highest BCUT2D eigenvalue weighted by Gasteiger charge is 2.35. The molecule has 7 nitrogen and oxygen atoms in total. The van der Waals surface area contributed by atoms with E-state index in [0.717, 1.165) is 0 Å². The molecule has 0 unspecified atom stereocenters. The van der Waals surface area contributed by atoms with Gasteiger partial charge in [-0.15, -0.1) is 0 Å². The van der Waals surface area contributed by atoms with Crippen LogP contribution in [0.3, 0.4) is 0 Å². The van der Waals surface area contributed by atoms with Gasteiger partial charge < -0.3 is 0 Å². The average Bonchev–Trinajstić information content (AvgIpc) is 2.94. The van der Waals surface area contributed by atoms with E-state index in [4.69, 9.17) is 0 Å². The van der Waals surface area contributed by atoms with Crippen LogP contribution in [0.25, 0.3) is 11.3 Å². The Bertz CT molecular complexity index is 972. The summed E-state index contributed by atoms with van der Waals surface area (Å²) in [6, 6.07) is 8.86. The van der Waals surface area contributed by atoms with Crippen molar-refractivity contribution in [2.75, 3.05) is 0 Å². The Morgan fingerprint density at radius 3 is 2.42 bits per heavy atom. The molecule has 1 aromatic carbocycles. The Morgan fingerprint density at radius 1 is 1.12 bits per heavy atom. The fourth-order valence-electron chi connectivity index (χ4n) is 2.12. The maximum atomic E-state index is 13.1. The molecule has 0 radical (unpaired) electrons. The molecule has 0 saturated carbocycles. The van der Waals surface area contributed by atoms with E-state index in [2.05, 4.69) is 20.3 Å². The second kappa shape index (κ2) is 5.80. The van der Waals surface area contributed by atoms with E-state index in [9.17, 15) is 22.8 Å². The first-order valence-corrected chi connectivity index (χ1v) is 6.73. The van der Waals surface area contributed by atoms with Gasteiger partial charge in [-0.25, -0.2) is 14.6 Å². The molecule has 3 rings (SSSR count). The summed E-state index contributed by atoms with van der Waals surface area (Å²) < 4.78 is 40.1. The van der Waals surface area contributed by atoms with E-state index in [-0.39, 0.29) is 11.5 Å². The summed E-state index contributed by atoms with van der Waals surface area (Å²) in [5.74, 6) is -0.00654. The second-order valence-corrected chi connectivity index (χ2v) is 4.89. The Labute approximate surface area is 131 Å². The monoisotopic (exact) mass is 337 g/mol. The minimum atomic E-state index is -4.83. The molecule has 2 aromatic heterocycles. The first-order chi connectivity index (χ1) is 11.3. The van der Waals surface area contributed by atoms with Crippen LogP contribution in [0.1, 0.15) is 11.4 Å². The van der Waals surface area contributed by atoms with E-state index in [1.54, 1.807) is 30.3 Å². The third-order valence-electron chi connectivity index (χ3n) is 3.20. The van der Waals surface area contributed by atoms with Crippen LogP contribution in [0.2, 0.25) is 0 Å². The molecule has 2 heterocycles. The molecule has 2 N–H and O–H groups in total. The number of aromatic amines is 2. The summed E-state index contributed by atoms with van der Waals surface area (Å²) in [7, 11) is 0. The molecule has 0 amide bonds. The molecule has 24 heavy (non-hydrogen) atoms. The van der Waals surface area contributed by atoms with Crippen molar-refractivity contribution < 1.29 is 13.2 Å². The minimum absolute atomic E-state index is 0.00654. The van der Waals surface area contributed by atoms with Crippen molar-refractivity contribution in [3.63, 3.8) is 0 Å². The number of hydrogen-bond acceptors (Lipinski definition) is 4. The smallest absolute Gasteiger partial charge is 0.291 e. The Morgan fingerprint density at radius 2 is 1.83 bits per heavy atom. The largest absolute Gasteiger partial charge is 0.421 e. The lowest BCUT2D eigenvalue weighted by molar-refractivity contribution is -0.139. The molecule has 0 aliphatic heterocycles. The maximum absolute atomic E-state index is 13.1. The standard InChI is InChI=1S/C14H10F3N5O2/c15-14(16,17)9-6-10(8-4-2-1-3-5-8)21-22(12(9)23)7-11-18-13(24)20-19-11/h1-6H,7H2,(H2,18,19,20,24). The quantitative estimate of drug-likeness (QED) is 0.755. The number of halogens is 3. The fraction of sp³-hybridized carbons (Fsp3) is 0.143. The zero-order valence-corrected chi connectivity index (χ0v) is 12.0. The number of nitrogens with zero attached hydrogens (tertiary/aromatic N) is 3. The van der Waals surface area contributed by atoms with E-state index < -0.39 is 29.5 Å². The van der Waals surface area contributed by atoms with Gasteiger partial charge in [0.2, 0.25) is 0 Å². The van der Waals surface area contributed by atoms with E-state index in [0.29, 0.717) is 16.3 Å². The minimum Gasteiger partial charge on any atom is -0.291 e. The second-order valence-electron chi connectivity index (χ2n) is 4.89. The van der Waals surface area contributed by atoms with Crippen molar-refractivity contribution in [1.29, 1.82) is 0 Å². The summed E-state index contributed by atoms with van der Waals surface area (Å²) in [4.78, 5) is 25.3. The number of H-pyrrole nitrogens is 2. The zero-order valence-electron chi connectivity index (χ0n) is 12.0. The van der Waals surface area contributed by atoms with Crippen molar-refractivity contribution >= 4 is 0 Å². The van der Waals surface area contributed by atoms with E-state index in [1.807, 2.05) is 0 Å². The molecular weight excluding hydrogens is 327 g/mol. The molecule has 0 saturated heterocycles. The van der Waals surface area contributed by atoms with Crippen molar-refractivity contribution in [3.8, 4) is 11.3 Å². The number of hydrogen-bond donors (Lipinski definition) is 2. The van der Waals surface area contributed by atoms with Gasteiger partial charge in [-0.05, 0) is 6.07 Å². The Kier molecular flexibility index (Phi) is 3.80. The molecule has 0 spiro atoms. The predicted octanol–water partition coefficient (Wildman–Crippen LogP) is 1.39. The van der Waals surface area contributed by atoms with Gasteiger partial charge in [0.15, 0.2) is 5.82 Å². The highest BCUT2D eigenvalue weighted by atomic mass is 19.4. The van der Waals surface area contributed by atoms with Crippen LogP contribution >= 0.6 is 0 Å². The number of benzene rings is 1. The fourth-order valence-corrected chi connectivity index (χ4v) is 2.12. The van der Waals surface area contributed by atoms with Crippen molar-refractivity contribution in [2.24, 2.45) is 0 Å². The van der Waals surface area contributed by atoms with Crippen LogP contribution in [-0.4, -0.2) is 25.0 Å². The molecular formula is C14H10F3N5O2. The van der Waals surface area contributed by atoms with Crippen LogP contribution in [0.5, 0.6) is 0 Å². The van der Waals surface area contributed by atoms with Crippen LogP contribution < -0.4 is 11.2 Å². The summed E-state index contributed by atoms with van der Waals surface area (Å²) >= 11 is 0. The molecule has 0 bridgehead atoms. The van der Waals surface area contributed by atoms with Crippen LogP contribution in [0.15, 0.2) is 46.0 Å². The molecule has 0 fully saturated rings. The third kappa shape index (κ3) is 3.12. The molecule has 10 heteroatoms. The maximum Gasteiger partial charge on any atom is 0.421 e. The molecule has 0 atom stereocenters. The van der Waals surface area contributed by atoms with Gasteiger partial charge in [-0.1, -0.05) is 30.3 Å². The van der Waals surface area contributed by atoms with Gasteiger partial charge in [-0.2, -0.15) is 23.4 Å². The zero-order chi connectivity index (χ0) is 17.3. The van der Waals surface area contributed by atoms with Crippen molar-refractivity contribution in [3.05, 3.63) is 68.6 Å². The predicted molar refractivity (Wildman–Crippen MR) is 77.2 cm³/mol. The van der Waals surface area contributed by atoms with Crippen molar-refractivity contribution in [2.45, 2.75) is 12.7 Å². The molecule has 0 aliphatic rings. The number of nitrogens with one attached hydrogen (secondary N) is 2. The highest BCUT2D eigenvalue weighted by molar-refractivity contribution is 5.59. The Balaban J connectivity index is 2.16. The summed E-state index contributed by atoms with van der Waals surface area (Å²) in [6.07, 6.45) is -4.83. The first kappa shape index (κ1) is 15.7. The highest BCUT2D eigenvalue weighted by Crippen LogP contribution is 2.28. The lowest BCUT2D eigenvalue weighted by Crippen LogP contribution is -2.31. The lowest BCUT2D eigenvalue weighted by Gasteiger charge is -2.11. The number of alkyl halides is 3. The van der Waals surface area contributed by atoms with Crippen LogP contribution in [-0.2, 0) is 12.7 Å². The first-order valence-electron chi connectivity index (χ1n) is 6.73. The summed E-state index contributed by atoms with van der Waals surface area (Å²) in [5.41, 5.74) is -2.87. The molecule has 3 aromatic rings.